The molecule has 3 aromatic carbocycles. The van der Waals surface area contributed by atoms with E-state index in [2.05, 4.69) is 10.2 Å². The van der Waals surface area contributed by atoms with Gasteiger partial charge >= 0.3 is 12.1 Å². The fourth-order valence-corrected chi connectivity index (χ4v) is 8.47. The highest BCUT2D eigenvalue weighted by Crippen LogP contribution is 2.46. The van der Waals surface area contributed by atoms with Gasteiger partial charge in [-0.3, -0.25) is 34.5 Å². The molecule has 2 aliphatic heterocycles. The molecule has 3 aliphatic rings. The molecule has 1 saturated heterocycles. The van der Waals surface area contributed by atoms with E-state index in [9.17, 15) is 23.2 Å². The number of carbonyl (C=O) groups is 4. The first-order valence-electron chi connectivity index (χ1n) is 20.9. The van der Waals surface area contributed by atoms with Gasteiger partial charge in [0.05, 0.1) is 45.5 Å². The molecule has 6 rings (SSSR count). The zero-order chi connectivity index (χ0) is 45.2. The molecule has 0 aromatic heterocycles. The second-order valence-corrected chi connectivity index (χ2v) is 16.2. The molecular formula is C45H53ClF2N4O11. The third-order valence-corrected chi connectivity index (χ3v) is 11.9. The van der Waals surface area contributed by atoms with Gasteiger partial charge in [0.1, 0.15) is 23.1 Å². The Morgan fingerprint density at radius 2 is 1.62 bits per heavy atom. The van der Waals surface area contributed by atoms with Gasteiger partial charge in [0, 0.05) is 30.1 Å². The predicted molar refractivity (Wildman–Crippen MR) is 224 cm³/mol. The van der Waals surface area contributed by atoms with Crippen LogP contribution in [-0.4, -0.2) is 108 Å². The van der Waals surface area contributed by atoms with Crippen molar-refractivity contribution in [2.24, 2.45) is 5.92 Å². The summed E-state index contributed by atoms with van der Waals surface area (Å²) in [5.41, 5.74) is 4.62. The van der Waals surface area contributed by atoms with E-state index in [1.165, 1.54) is 7.11 Å². The first kappa shape index (κ1) is 47.2. The van der Waals surface area contributed by atoms with Gasteiger partial charge in [-0.25, -0.2) is 13.6 Å². The number of ether oxygens (including phenoxy) is 4. The lowest BCUT2D eigenvalue weighted by atomic mass is 9.73. The van der Waals surface area contributed by atoms with Crippen molar-refractivity contribution in [3.05, 3.63) is 99.1 Å². The van der Waals surface area contributed by atoms with Gasteiger partial charge in [-0.05, 0) is 111 Å². The number of amides is 3. The molecule has 3 amide bonds. The second-order valence-electron chi connectivity index (χ2n) is 15.8. The van der Waals surface area contributed by atoms with Crippen molar-refractivity contribution in [1.29, 1.82) is 0 Å². The van der Waals surface area contributed by atoms with E-state index in [0.717, 1.165) is 58.6 Å². The van der Waals surface area contributed by atoms with Crippen molar-refractivity contribution in [3.8, 4) is 11.5 Å². The number of fused-ring (bicyclic) bond motifs is 2. The molecule has 3 atom stereocenters. The van der Waals surface area contributed by atoms with Gasteiger partial charge < -0.3 is 29.2 Å². The summed E-state index contributed by atoms with van der Waals surface area (Å²) in [6.07, 6.45) is 3.16. The van der Waals surface area contributed by atoms with Crippen LogP contribution in [0.5, 0.6) is 11.5 Å². The number of unbranched alkanes of at least 4 members (excludes halogenated alkanes) is 1. The highest BCUT2D eigenvalue weighted by atomic mass is 35.5. The molecule has 1 aliphatic carbocycles. The monoisotopic (exact) mass is 898 g/mol. The van der Waals surface area contributed by atoms with Crippen molar-refractivity contribution < 1.29 is 62.2 Å². The largest absolute Gasteiger partial charge is 0.496 e. The number of hydrogen-bond acceptors (Lipinski definition) is 12. The number of nitrogens with zero attached hydrogens (tertiary/aromatic N) is 3. The van der Waals surface area contributed by atoms with Gasteiger partial charge in [0.15, 0.2) is 11.6 Å². The molecule has 340 valence electrons. The smallest absolute Gasteiger partial charge is 0.410 e. The van der Waals surface area contributed by atoms with E-state index < -0.39 is 52.6 Å². The van der Waals surface area contributed by atoms with Gasteiger partial charge in [0.25, 0.3) is 5.91 Å². The molecule has 0 radical (unpaired) electrons. The Bertz CT molecular complexity index is 2150. The Labute approximate surface area is 369 Å². The van der Waals surface area contributed by atoms with Crippen molar-refractivity contribution in [2.45, 2.75) is 89.4 Å². The first-order chi connectivity index (χ1) is 30.3. The molecular weight excluding hydrogens is 846 g/mol. The number of hydrogen-bond donors (Lipinski definition) is 3. The van der Waals surface area contributed by atoms with Crippen LogP contribution in [-0.2, 0) is 41.7 Å². The molecule has 0 spiro atoms. The number of rotatable bonds is 20. The summed E-state index contributed by atoms with van der Waals surface area (Å²) in [6.45, 7) is 1.92. The number of methoxy groups -OCH3 is 2. The second kappa shape index (κ2) is 21.8. The number of esters is 1. The molecule has 3 aromatic rings. The normalized spacial score (nSPS) is 18.2. The molecule has 2 bridgehead atoms. The van der Waals surface area contributed by atoms with E-state index in [4.69, 9.17) is 41.0 Å². The van der Waals surface area contributed by atoms with Crippen molar-refractivity contribution in [2.75, 3.05) is 40.6 Å². The molecule has 63 heavy (non-hydrogen) atoms. The first-order valence-corrected chi connectivity index (χ1v) is 21.3. The van der Waals surface area contributed by atoms with Gasteiger partial charge in [-0.1, -0.05) is 48.0 Å². The Hall–Kier alpha value is -5.33. The number of carbonyl (C=O) groups excluding carboxylic acids is 4. The van der Waals surface area contributed by atoms with Gasteiger partial charge in [0.2, 0.25) is 5.91 Å². The van der Waals surface area contributed by atoms with Crippen LogP contribution >= 0.6 is 11.6 Å². The summed E-state index contributed by atoms with van der Waals surface area (Å²) in [6, 6.07) is 13.9. The van der Waals surface area contributed by atoms with Crippen LogP contribution in [0.2, 0.25) is 5.02 Å². The minimum Gasteiger partial charge on any atom is -0.496 e. The quantitative estimate of drug-likeness (QED) is 0.0461. The zero-order valence-corrected chi connectivity index (χ0v) is 36.2. The number of piperidine rings is 1. The van der Waals surface area contributed by atoms with Crippen molar-refractivity contribution in [3.63, 3.8) is 0 Å². The van der Waals surface area contributed by atoms with Crippen LogP contribution in [0.4, 0.5) is 13.6 Å². The lowest BCUT2D eigenvalue weighted by Crippen LogP contribution is -2.59. The topological polar surface area (TPSA) is 177 Å². The van der Waals surface area contributed by atoms with Crippen LogP contribution < -0.4 is 14.8 Å². The minimum absolute atomic E-state index is 0.0143. The molecule has 15 nitrogen and oxygen atoms in total. The van der Waals surface area contributed by atoms with E-state index >= 15 is 4.79 Å². The number of nitrogens with one attached hydrogen (secondary N) is 1. The minimum atomic E-state index is -0.882. The van der Waals surface area contributed by atoms with Crippen molar-refractivity contribution >= 4 is 41.1 Å². The maximum atomic E-state index is 15.4. The third kappa shape index (κ3) is 12.0. The predicted octanol–water partition coefficient (Wildman–Crippen LogP) is 6.96. The zero-order valence-electron chi connectivity index (χ0n) is 35.4. The standard InChI is InChI=1S/C45H53ClF2N4O11/c1-27-21-29(10-17-38(27)59-2)26-50(32-13-14-32)44(55)40-34(30-11-8-28(9-12-30)7-6-19-61-42-36(48)16-15-35(47)41(42)46)24-33-22-31(43(54)49-25-39(53)60-3)23-37(40)51(33)45(56)62-18-4-5-20-63-52(57)58/h8-12,15-17,21,31-33,37,57-58H,4-7,13-14,18-20,22-26H2,1-3H3,(H,49,54). The van der Waals surface area contributed by atoms with Gasteiger partial charge in [-0.15, -0.1) is 0 Å². The summed E-state index contributed by atoms with van der Waals surface area (Å²) >= 11 is 5.92. The van der Waals surface area contributed by atoms with Crippen LogP contribution in [0.25, 0.3) is 5.57 Å². The lowest BCUT2D eigenvalue weighted by molar-refractivity contribution is -0.492. The Kier molecular flexibility index (Phi) is 16.3. The number of benzene rings is 3. The molecule has 3 unspecified atom stereocenters. The summed E-state index contributed by atoms with van der Waals surface area (Å²) in [7, 11) is 2.82. The van der Waals surface area contributed by atoms with Crippen LogP contribution in [0.1, 0.15) is 73.6 Å². The van der Waals surface area contributed by atoms with Gasteiger partial charge in [-0.2, -0.15) is 0 Å². The maximum Gasteiger partial charge on any atom is 0.410 e. The summed E-state index contributed by atoms with van der Waals surface area (Å²) in [4.78, 5) is 63.1. The third-order valence-electron chi connectivity index (χ3n) is 11.5. The average Bonchev–Trinajstić information content (AvgIpc) is 4.12. The summed E-state index contributed by atoms with van der Waals surface area (Å²) < 4.78 is 49.6. The van der Waals surface area contributed by atoms with E-state index in [1.807, 2.05) is 54.3 Å². The fourth-order valence-electron chi connectivity index (χ4n) is 8.26. The Balaban J connectivity index is 1.32. The average molecular weight is 899 g/mol. The van der Waals surface area contributed by atoms with Crippen LogP contribution in [0.15, 0.2) is 60.2 Å². The molecule has 1 saturated carbocycles. The highest BCUT2D eigenvalue weighted by Gasteiger charge is 2.50. The van der Waals surface area contributed by atoms with Crippen molar-refractivity contribution in [1.82, 2.24) is 20.5 Å². The Morgan fingerprint density at radius 3 is 2.30 bits per heavy atom. The highest BCUT2D eigenvalue weighted by molar-refractivity contribution is 6.32. The lowest BCUT2D eigenvalue weighted by Gasteiger charge is -2.49. The number of aryl methyl sites for hydroxylation is 2. The van der Waals surface area contributed by atoms with Crippen LogP contribution in [0, 0.1) is 24.5 Å². The molecule has 2 fully saturated rings. The molecule has 2 heterocycles. The number of halogens is 3. The summed E-state index contributed by atoms with van der Waals surface area (Å²) in [5.74, 6) is -3.10. The molecule has 3 N–H and O–H groups in total. The van der Waals surface area contributed by atoms with Crippen LogP contribution in [0.3, 0.4) is 0 Å². The summed E-state index contributed by atoms with van der Waals surface area (Å²) in [5, 5.41) is 19.5. The maximum absolute atomic E-state index is 15.4. The fraction of sp³-hybridized carbons (Fsp3) is 0.467. The van der Waals surface area contributed by atoms with E-state index in [-0.39, 0.29) is 68.7 Å². The molecule has 18 heteroatoms. The van der Waals surface area contributed by atoms with E-state index in [1.54, 1.807) is 12.0 Å². The Morgan fingerprint density at radius 1 is 0.905 bits per heavy atom. The van der Waals surface area contributed by atoms with E-state index in [0.29, 0.717) is 37.8 Å². The SMILES string of the molecule is COC(=O)CNC(=O)C1CC2CC(c3ccc(CCCOc4c(F)ccc(F)c4Cl)cc3)=C(C(=O)N(Cc3ccc(OC)c(C)c3)C3CC3)C(C1)N2C(=O)OCCCCON(O)O.